The van der Waals surface area contributed by atoms with E-state index in [4.69, 9.17) is 0 Å². The number of carbonyl (C=O) groups excluding carboxylic acids is 1. The van der Waals surface area contributed by atoms with E-state index in [1.807, 2.05) is 13.8 Å². The molecule has 1 aromatic carbocycles. The van der Waals surface area contributed by atoms with Crippen molar-refractivity contribution < 1.29 is 26.7 Å². The van der Waals surface area contributed by atoms with Crippen molar-refractivity contribution >= 4 is 43.2 Å². The summed E-state index contributed by atoms with van der Waals surface area (Å²) in [5, 5.41) is 13.7. The van der Waals surface area contributed by atoms with E-state index in [1.54, 1.807) is 4.90 Å². The summed E-state index contributed by atoms with van der Waals surface area (Å²) in [6.07, 6.45) is 3.30. The fourth-order valence-corrected chi connectivity index (χ4v) is 6.26. The standard InChI is InChI=1S/C19H24N4O6S2/c1-10(2)23-14-6-4-5-12(14)17(24)16(19(23)25)18-20-13-8-7-11(21-30(3,26)27)9-15(13)31(28,29)22-18/h7-10,12,14,21,24H,4-6H2,1-3H3,(H,20,22)/t12-,14+/m1/s1. The first kappa shape index (κ1) is 21.6. The van der Waals surface area contributed by atoms with Gasteiger partial charge in [-0.3, -0.25) is 9.52 Å². The number of aliphatic hydroxyl groups excluding tert-OH is 1. The third-order valence-electron chi connectivity index (χ3n) is 5.71. The lowest BCUT2D eigenvalue weighted by atomic mass is 9.89. The van der Waals surface area contributed by atoms with Gasteiger partial charge in [-0.1, -0.05) is 6.42 Å². The van der Waals surface area contributed by atoms with Crippen LogP contribution in [0.4, 0.5) is 11.4 Å². The lowest BCUT2D eigenvalue weighted by Gasteiger charge is -2.41. The van der Waals surface area contributed by atoms with Gasteiger partial charge in [-0.15, -0.1) is 4.40 Å². The Balaban J connectivity index is 1.79. The topological polar surface area (TPSA) is 145 Å². The molecule has 1 aromatic rings. The van der Waals surface area contributed by atoms with Gasteiger partial charge >= 0.3 is 0 Å². The summed E-state index contributed by atoms with van der Waals surface area (Å²) in [7, 11) is -7.85. The van der Waals surface area contributed by atoms with Crippen LogP contribution in [-0.2, 0) is 24.8 Å². The van der Waals surface area contributed by atoms with Crippen molar-refractivity contribution in [1.29, 1.82) is 0 Å². The molecule has 1 fully saturated rings. The van der Waals surface area contributed by atoms with Crippen LogP contribution < -0.4 is 10.0 Å². The Morgan fingerprint density at radius 2 is 2.00 bits per heavy atom. The van der Waals surface area contributed by atoms with Crippen LogP contribution in [0.1, 0.15) is 33.1 Å². The van der Waals surface area contributed by atoms with Crippen LogP contribution in [-0.4, -0.2) is 56.9 Å². The zero-order chi connectivity index (χ0) is 22.7. The van der Waals surface area contributed by atoms with Gasteiger partial charge in [0.1, 0.15) is 16.2 Å². The van der Waals surface area contributed by atoms with Crippen molar-refractivity contribution in [1.82, 2.24) is 4.90 Å². The van der Waals surface area contributed by atoms with Crippen molar-refractivity contribution in [2.24, 2.45) is 10.3 Å². The lowest BCUT2D eigenvalue weighted by Crippen LogP contribution is -2.53. The van der Waals surface area contributed by atoms with Gasteiger partial charge in [0, 0.05) is 23.7 Å². The van der Waals surface area contributed by atoms with E-state index in [-0.39, 0.29) is 51.4 Å². The van der Waals surface area contributed by atoms with Crippen molar-refractivity contribution in [2.75, 3.05) is 16.3 Å². The lowest BCUT2D eigenvalue weighted by molar-refractivity contribution is -0.133. The number of aliphatic hydroxyl groups is 1. The number of amidine groups is 1. The molecule has 1 aliphatic carbocycles. The molecule has 31 heavy (non-hydrogen) atoms. The summed E-state index contributed by atoms with van der Waals surface area (Å²) in [6.45, 7) is 3.76. The maximum atomic E-state index is 13.3. The molecule has 10 nitrogen and oxygen atoms in total. The first-order valence-electron chi connectivity index (χ1n) is 9.89. The van der Waals surface area contributed by atoms with Crippen LogP contribution in [0.2, 0.25) is 0 Å². The Morgan fingerprint density at radius 1 is 1.29 bits per heavy atom. The summed E-state index contributed by atoms with van der Waals surface area (Å²) in [5.74, 6) is -1.08. The first-order chi connectivity index (χ1) is 14.4. The summed E-state index contributed by atoms with van der Waals surface area (Å²) in [5.41, 5.74) is 0.0760. The number of hydrogen-bond donors (Lipinski definition) is 3. The Bertz CT molecular complexity index is 1230. The Hall–Kier alpha value is -2.60. The van der Waals surface area contributed by atoms with E-state index < -0.39 is 26.0 Å². The third-order valence-corrected chi connectivity index (χ3v) is 7.64. The number of nitrogens with one attached hydrogen (secondary N) is 2. The monoisotopic (exact) mass is 468 g/mol. The third kappa shape index (κ3) is 3.78. The van der Waals surface area contributed by atoms with Crippen LogP contribution in [0.3, 0.4) is 0 Å². The van der Waals surface area contributed by atoms with Crippen LogP contribution in [0, 0.1) is 5.92 Å². The number of fused-ring (bicyclic) bond motifs is 2. The zero-order valence-electron chi connectivity index (χ0n) is 17.3. The molecule has 0 unspecified atom stereocenters. The second-order valence-electron chi connectivity index (χ2n) is 8.30. The molecule has 168 valence electrons. The summed E-state index contributed by atoms with van der Waals surface area (Å²) < 4.78 is 54.6. The van der Waals surface area contributed by atoms with E-state index in [9.17, 15) is 26.7 Å². The van der Waals surface area contributed by atoms with E-state index in [0.717, 1.165) is 25.2 Å². The Labute approximate surface area is 181 Å². The highest BCUT2D eigenvalue weighted by molar-refractivity contribution is 7.92. The number of amides is 1. The van der Waals surface area contributed by atoms with Gasteiger partial charge in [0.05, 0.1) is 11.9 Å². The SMILES string of the molecule is CC(C)N1C(=O)C(C2=NS(=O)(=O)c3cc(NS(C)(=O)=O)ccc3N2)=C(O)[C@@H]2CCC[C@@H]21. The largest absolute Gasteiger partial charge is 0.511 e. The highest BCUT2D eigenvalue weighted by Crippen LogP contribution is 2.42. The number of nitrogens with zero attached hydrogens (tertiary/aromatic N) is 2. The van der Waals surface area contributed by atoms with E-state index in [2.05, 4.69) is 14.4 Å². The Morgan fingerprint density at radius 3 is 2.65 bits per heavy atom. The van der Waals surface area contributed by atoms with Gasteiger partial charge in [-0.2, -0.15) is 8.42 Å². The smallest absolute Gasteiger partial charge is 0.286 e. The van der Waals surface area contributed by atoms with Crippen molar-refractivity contribution in [3.63, 3.8) is 0 Å². The molecule has 1 saturated carbocycles. The van der Waals surface area contributed by atoms with Crippen LogP contribution in [0.25, 0.3) is 0 Å². The summed E-state index contributed by atoms with van der Waals surface area (Å²) in [6, 6.07) is 3.70. The van der Waals surface area contributed by atoms with Crippen LogP contribution >= 0.6 is 0 Å². The van der Waals surface area contributed by atoms with Gasteiger partial charge in [0.2, 0.25) is 10.0 Å². The number of carbonyl (C=O) groups is 1. The second kappa shape index (κ2) is 7.23. The predicted molar refractivity (Wildman–Crippen MR) is 116 cm³/mol. The molecule has 0 bridgehead atoms. The molecular formula is C19H24N4O6S2. The highest BCUT2D eigenvalue weighted by atomic mass is 32.2. The van der Waals surface area contributed by atoms with Crippen molar-refractivity contribution in [2.45, 2.75) is 50.1 Å². The van der Waals surface area contributed by atoms with Gasteiger partial charge < -0.3 is 15.3 Å². The highest BCUT2D eigenvalue weighted by Gasteiger charge is 2.47. The minimum atomic E-state index is -4.25. The average molecular weight is 469 g/mol. The molecule has 2 heterocycles. The molecule has 0 spiro atoms. The van der Waals surface area contributed by atoms with Crippen molar-refractivity contribution in [3.8, 4) is 0 Å². The van der Waals surface area contributed by atoms with Crippen molar-refractivity contribution in [3.05, 3.63) is 29.5 Å². The number of anilines is 2. The quantitative estimate of drug-likeness (QED) is 0.611. The predicted octanol–water partition coefficient (Wildman–Crippen LogP) is 1.80. The molecule has 2 aliphatic heterocycles. The normalized spacial score (nSPS) is 25.1. The number of sulfonamides is 2. The maximum Gasteiger partial charge on any atom is 0.286 e. The molecule has 0 saturated heterocycles. The minimum absolute atomic E-state index is 0.0702. The van der Waals surface area contributed by atoms with Crippen LogP contribution in [0.15, 0.2) is 38.8 Å². The number of benzene rings is 1. The molecule has 12 heteroatoms. The molecular weight excluding hydrogens is 444 g/mol. The maximum absolute atomic E-state index is 13.3. The fourth-order valence-electron chi connectivity index (χ4n) is 4.55. The molecule has 4 rings (SSSR count). The molecule has 0 aromatic heterocycles. The second-order valence-corrected chi connectivity index (χ2v) is 11.6. The van der Waals surface area contributed by atoms with Gasteiger partial charge in [0.25, 0.3) is 15.9 Å². The average Bonchev–Trinajstić information content (AvgIpc) is 3.10. The summed E-state index contributed by atoms with van der Waals surface area (Å²) in [4.78, 5) is 14.7. The van der Waals surface area contributed by atoms with E-state index in [0.29, 0.717) is 6.42 Å². The van der Waals surface area contributed by atoms with E-state index in [1.165, 1.54) is 12.1 Å². The molecule has 3 aliphatic rings. The summed E-state index contributed by atoms with van der Waals surface area (Å²) >= 11 is 0. The minimum Gasteiger partial charge on any atom is -0.511 e. The van der Waals surface area contributed by atoms with Gasteiger partial charge in [0.15, 0.2) is 5.84 Å². The van der Waals surface area contributed by atoms with Gasteiger partial charge in [-0.05, 0) is 44.9 Å². The van der Waals surface area contributed by atoms with Gasteiger partial charge in [-0.25, -0.2) is 8.42 Å². The fraction of sp³-hybridized carbons (Fsp3) is 0.474. The van der Waals surface area contributed by atoms with Crippen LogP contribution in [0.5, 0.6) is 0 Å². The molecule has 1 amide bonds. The number of rotatable bonds is 4. The first-order valence-corrected chi connectivity index (χ1v) is 13.2. The molecule has 3 N–H and O–H groups in total. The molecule has 0 radical (unpaired) electrons. The number of hydrogen-bond acceptors (Lipinski definition) is 7. The zero-order valence-corrected chi connectivity index (χ0v) is 18.9. The Kier molecular flexibility index (Phi) is 5.04. The van der Waals surface area contributed by atoms with E-state index >= 15 is 0 Å². The molecule has 2 atom stereocenters.